The van der Waals surface area contributed by atoms with Crippen molar-refractivity contribution in [1.82, 2.24) is 10.6 Å². The summed E-state index contributed by atoms with van der Waals surface area (Å²) in [4.78, 5) is 45.4. The van der Waals surface area contributed by atoms with E-state index in [1.807, 2.05) is 10.6 Å². The van der Waals surface area contributed by atoms with Crippen LogP contribution in [-0.2, 0) is 9.59 Å². The predicted molar refractivity (Wildman–Crippen MR) is 82.4 cm³/mol. The number of furan rings is 1. The summed E-state index contributed by atoms with van der Waals surface area (Å²) in [7, 11) is 0. The van der Waals surface area contributed by atoms with Crippen LogP contribution in [0.15, 0.2) is 40.3 Å². The van der Waals surface area contributed by atoms with Crippen molar-refractivity contribution in [2.75, 3.05) is 0 Å². The van der Waals surface area contributed by atoms with Crippen LogP contribution < -0.4 is 10.6 Å². The molecule has 0 saturated carbocycles. The number of hydrogen-bond donors (Lipinski definition) is 4. The summed E-state index contributed by atoms with van der Waals surface area (Å²) in [6.45, 7) is 0. The molecule has 0 unspecified atom stereocenters. The number of amides is 4. The molecule has 2 heterocycles. The lowest BCUT2D eigenvalue weighted by molar-refractivity contribution is -0.123. The van der Waals surface area contributed by atoms with Crippen LogP contribution in [-0.4, -0.2) is 34.0 Å². The Morgan fingerprint density at radius 2 is 1.72 bits per heavy atom. The third-order valence-corrected chi connectivity index (χ3v) is 3.37. The van der Waals surface area contributed by atoms with Gasteiger partial charge in [0.25, 0.3) is 11.8 Å². The molecule has 0 atom stereocenters. The normalized spacial score (nSPS) is 14.1. The van der Waals surface area contributed by atoms with Gasteiger partial charge in [0.15, 0.2) is 0 Å². The first-order valence-electron chi connectivity index (χ1n) is 6.90. The lowest BCUT2D eigenvalue weighted by atomic mass is 10.1. The predicted octanol–water partition coefficient (Wildman–Crippen LogP) is 1.10. The third kappa shape index (κ3) is 3.11. The molecular formula is C16H10N2O7. The molecule has 1 aliphatic rings. The minimum atomic E-state index is -1.30. The second-order valence-electron chi connectivity index (χ2n) is 5.03. The van der Waals surface area contributed by atoms with Gasteiger partial charge in [-0.1, -0.05) is 0 Å². The number of imide groups is 2. The smallest absolute Gasteiger partial charge is 0.339 e. The van der Waals surface area contributed by atoms with E-state index in [1.165, 1.54) is 30.3 Å². The number of urea groups is 1. The van der Waals surface area contributed by atoms with E-state index >= 15 is 0 Å². The fourth-order valence-electron chi connectivity index (χ4n) is 2.19. The summed E-state index contributed by atoms with van der Waals surface area (Å²) in [5, 5.41) is 22.4. The van der Waals surface area contributed by atoms with E-state index in [1.54, 1.807) is 0 Å². The van der Waals surface area contributed by atoms with E-state index in [0.29, 0.717) is 5.56 Å². The molecule has 1 saturated heterocycles. The first kappa shape index (κ1) is 16.0. The van der Waals surface area contributed by atoms with E-state index in [2.05, 4.69) is 0 Å². The molecule has 1 aliphatic heterocycles. The molecule has 126 valence electrons. The number of nitrogens with one attached hydrogen (secondary N) is 2. The third-order valence-electron chi connectivity index (χ3n) is 3.37. The van der Waals surface area contributed by atoms with Crippen molar-refractivity contribution in [2.45, 2.75) is 0 Å². The second kappa shape index (κ2) is 5.96. The number of phenols is 1. The Labute approximate surface area is 139 Å². The number of carbonyl (C=O) groups is 4. The quantitative estimate of drug-likeness (QED) is 0.482. The van der Waals surface area contributed by atoms with E-state index < -0.39 is 23.8 Å². The lowest BCUT2D eigenvalue weighted by Gasteiger charge is -2.13. The van der Waals surface area contributed by atoms with Crippen LogP contribution in [0.1, 0.15) is 16.1 Å². The summed E-state index contributed by atoms with van der Waals surface area (Å²) < 4.78 is 5.47. The molecule has 1 aromatic carbocycles. The van der Waals surface area contributed by atoms with Crippen LogP contribution in [0.2, 0.25) is 0 Å². The molecule has 9 nitrogen and oxygen atoms in total. The Morgan fingerprint density at radius 3 is 2.36 bits per heavy atom. The van der Waals surface area contributed by atoms with Crippen molar-refractivity contribution < 1.29 is 33.8 Å². The van der Waals surface area contributed by atoms with Gasteiger partial charge in [-0.25, -0.2) is 9.59 Å². The molecule has 4 N–H and O–H groups in total. The maximum atomic E-state index is 11.7. The highest BCUT2D eigenvalue weighted by atomic mass is 16.4. The van der Waals surface area contributed by atoms with E-state index in [4.69, 9.17) is 9.52 Å². The number of carboxylic acid groups (broad SMARTS) is 1. The van der Waals surface area contributed by atoms with E-state index in [-0.39, 0.29) is 28.4 Å². The van der Waals surface area contributed by atoms with Gasteiger partial charge in [-0.3, -0.25) is 20.2 Å². The molecule has 3 rings (SSSR count). The molecule has 0 aliphatic carbocycles. The Balaban J connectivity index is 1.93. The Bertz CT molecular complexity index is 933. The fourth-order valence-corrected chi connectivity index (χ4v) is 2.19. The second-order valence-corrected chi connectivity index (χ2v) is 5.03. The summed E-state index contributed by atoms with van der Waals surface area (Å²) in [6.07, 6.45) is 1.15. The Kier molecular flexibility index (Phi) is 3.82. The molecule has 25 heavy (non-hydrogen) atoms. The highest BCUT2D eigenvalue weighted by Crippen LogP contribution is 2.28. The number of barbiturate groups is 1. The van der Waals surface area contributed by atoms with Gasteiger partial charge < -0.3 is 14.6 Å². The Hall–Kier alpha value is -3.88. The van der Waals surface area contributed by atoms with Crippen LogP contribution >= 0.6 is 0 Å². The zero-order valence-corrected chi connectivity index (χ0v) is 12.4. The van der Waals surface area contributed by atoms with Crippen LogP contribution in [0, 0.1) is 0 Å². The van der Waals surface area contributed by atoms with Gasteiger partial charge in [0.1, 0.15) is 28.4 Å². The highest BCUT2D eigenvalue weighted by molar-refractivity contribution is 6.31. The van der Waals surface area contributed by atoms with Gasteiger partial charge in [0.05, 0.1) is 0 Å². The molecule has 0 spiro atoms. The SMILES string of the molecule is O=C1NC(=O)C(=Cc2ccc(-c3ccc(O)c(C(=O)O)c3)o2)C(=O)N1. The molecule has 1 fully saturated rings. The molecule has 4 amide bonds. The van der Waals surface area contributed by atoms with Gasteiger partial charge in [0.2, 0.25) is 0 Å². The average molecular weight is 342 g/mol. The lowest BCUT2D eigenvalue weighted by Crippen LogP contribution is -2.51. The molecule has 0 radical (unpaired) electrons. The van der Waals surface area contributed by atoms with Crippen molar-refractivity contribution in [3.63, 3.8) is 0 Å². The van der Waals surface area contributed by atoms with E-state index in [9.17, 15) is 24.3 Å². The number of carbonyl (C=O) groups excluding carboxylic acids is 3. The number of aromatic carboxylic acids is 1. The largest absolute Gasteiger partial charge is 0.507 e. The monoisotopic (exact) mass is 342 g/mol. The van der Waals surface area contributed by atoms with Crippen molar-refractivity contribution >= 4 is 29.9 Å². The number of rotatable bonds is 3. The zero-order valence-electron chi connectivity index (χ0n) is 12.4. The molecule has 2 aromatic rings. The number of carboxylic acids is 1. The Morgan fingerprint density at radius 1 is 1.04 bits per heavy atom. The maximum Gasteiger partial charge on any atom is 0.339 e. The van der Waals surface area contributed by atoms with Gasteiger partial charge in [-0.2, -0.15) is 0 Å². The van der Waals surface area contributed by atoms with Crippen LogP contribution in [0.4, 0.5) is 4.79 Å². The van der Waals surface area contributed by atoms with Gasteiger partial charge in [-0.15, -0.1) is 0 Å². The van der Waals surface area contributed by atoms with Crippen molar-refractivity contribution in [1.29, 1.82) is 0 Å². The molecule has 1 aromatic heterocycles. The minimum absolute atomic E-state index is 0.148. The summed E-state index contributed by atoms with van der Waals surface area (Å²) in [6, 6.07) is 5.97. The molecular weight excluding hydrogens is 332 g/mol. The molecule has 0 bridgehead atoms. The summed E-state index contributed by atoms with van der Waals surface area (Å²) in [5.74, 6) is -2.98. The molecule has 9 heteroatoms. The first-order chi connectivity index (χ1) is 11.8. The first-order valence-corrected chi connectivity index (χ1v) is 6.90. The van der Waals surface area contributed by atoms with Gasteiger partial charge >= 0.3 is 12.0 Å². The zero-order chi connectivity index (χ0) is 18.1. The van der Waals surface area contributed by atoms with Crippen molar-refractivity contribution in [3.05, 3.63) is 47.2 Å². The average Bonchev–Trinajstić information content (AvgIpc) is 2.99. The maximum absolute atomic E-state index is 11.7. The number of aromatic hydroxyl groups is 1. The van der Waals surface area contributed by atoms with Crippen molar-refractivity contribution in [2.24, 2.45) is 0 Å². The van der Waals surface area contributed by atoms with Crippen LogP contribution in [0.3, 0.4) is 0 Å². The standard InChI is InChI=1S/C16H10N2O7/c19-11-3-1-7(5-9(11)15(22)23)12-4-2-8(25-12)6-10-13(20)17-16(24)18-14(10)21/h1-6,19H,(H,22,23)(H2,17,18,20,21,24). The highest BCUT2D eigenvalue weighted by Gasteiger charge is 2.28. The van der Waals surface area contributed by atoms with Gasteiger partial charge in [-0.05, 0) is 36.4 Å². The van der Waals surface area contributed by atoms with Crippen molar-refractivity contribution in [3.8, 4) is 17.1 Å². The van der Waals surface area contributed by atoms with Crippen LogP contribution in [0.5, 0.6) is 5.75 Å². The fraction of sp³-hybridized carbons (Fsp3) is 0. The van der Waals surface area contributed by atoms with E-state index in [0.717, 1.165) is 6.08 Å². The number of benzene rings is 1. The summed E-state index contributed by atoms with van der Waals surface area (Å²) >= 11 is 0. The van der Waals surface area contributed by atoms with Gasteiger partial charge in [0, 0.05) is 5.56 Å². The topological polar surface area (TPSA) is 146 Å². The number of hydrogen-bond acceptors (Lipinski definition) is 6. The van der Waals surface area contributed by atoms with Crippen LogP contribution in [0.25, 0.3) is 17.4 Å². The summed E-state index contributed by atoms with van der Waals surface area (Å²) in [5.41, 5.74) is -0.219. The minimum Gasteiger partial charge on any atom is -0.507 e.